The number of hydrogen-bond donors (Lipinski definition) is 1. The third-order valence-electron chi connectivity index (χ3n) is 8.31. The maximum Gasteiger partial charge on any atom is 0.461 e. The second-order valence-corrected chi connectivity index (χ2v) is 13.6. The van der Waals surface area contributed by atoms with Crippen molar-refractivity contribution in [1.82, 2.24) is 15.0 Å². The Balaban J connectivity index is 1.34. The van der Waals surface area contributed by atoms with Crippen LogP contribution in [0.2, 0.25) is 0 Å². The standard InChI is InChI=1S/C28H26F5N5O7S/c1-43-26(40)37-10-15-8-27(9-15,13-37)25-35-22(36-45-25)17-6-20-21(7-18(17)29)46(41,42)12-19(34)23(39)38(20)11-14-2-4-16(5-3-14)44-28(32,33)24(30)31/h2-7,15,19,24H,8-13,34H2,1H3/t15?,19-,27?/m0/s1. The first kappa shape index (κ1) is 31.7. The molecule has 246 valence electrons. The average molecular weight is 672 g/mol. The number of piperidine rings is 2. The number of fused-ring (bicyclic) bond motifs is 3. The van der Waals surface area contributed by atoms with Crippen LogP contribution in [0.5, 0.6) is 5.75 Å². The Hall–Kier alpha value is -4.32. The lowest BCUT2D eigenvalue weighted by atomic mass is 9.58. The number of halogens is 5. The number of amides is 2. The molecule has 4 heterocycles. The summed E-state index contributed by atoms with van der Waals surface area (Å²) in [5, 5.41) is 3.92. The summed E-state index contributed by atoms with van der Waals surface area (Å²) in [4.78, 5) is 31.9. The van der Waals surface area contributed by atoms with Crippen LogP contribution >= 0.6 is 0 Å². The maximum atomic E-state index is 15.6. The summed E-state index contributed by atoms with van der Waals surface area (Å²) in [5.41, 5.74) is 4.96. The summed E-state index contributed by atoms with van der Waals surface area (Å²) in [7, 11) is -3.02. The number of ether oxygens (including phenoxy) is 2. The van der Waals surface area contributed by atoms with E-state index < -0.39 is 68.0 Å². The highest BCUT2D eigenvalue weighted by molar-refractivity contribution is 7.91. The fraction of sp³-hybridized carbons (Fsp3) is 0.429. The van der Waals surface area contributed by atoms with Crippen LogP contribution in [0.3, 0.4) is 0 Å². The van der Waals surface area contributed by atoms with Crippen LogP contribution in [0.4, 0.5) is 32.4 Å². The van der Waals surface area contributed by atoms with Gasteiger partial charge in [0.25, 0.3) is 0 Å². The van der Waals surface area contributed by atoms with Gasteiger partial charge in [0.05, 0.1) is 47.0 Å². The van der Waals surface area contributed by atoms with Gasteiger partial charge >= 0.3 is 18.6 Å². The van der Waals surface area contributed by atoms with Crippen molar-refractivity contribution in [2.45, 2.75) is 48.3 Å². The van der Waals surface area contributed by atoms with E-state index in [-0.39, 0.29) is 47.5 Å². The van der Waals surface area contributed by atoms with Gasteiger partial charge < -0.3 is 29.5 Å². The molecule has 7 rings (SSSR count). The van der Waals surface area contributed by atoms with Gasteiger partial charge in [-0.3, -0.25) is 4.79 Å². The Kier molecular flexibility index (Phi) is 7.70. The van der Waals surface area contributed by atoms with E-state index >= 15 is 4.39 Å². The van der Waals surface area contributed by atoms with E-state index in [4.69, 9.17) is 15.0 Å². The number of nitrogens with two attached hydrogens (primary N) is 1. The van der Waals surface area contributed by atoms with Crippen LogP contribution in [0, 0.1) is 11.7 Å². The monoisotopic (exact) mass is 671 g/mol. The third-order valence-corrected chi connectivity index (χ3v) is 10.1. The van der Waals surface area contributed by atoms with Gasteiger partial charge in [-0.25, -0.2) is 17.6 Å². The van der Waals surface area contributed by atoms with Crippen molar-refractivity contribution in [3.8, 4) is 17.1 Å². The highest BCUT2D eigenvalue weighted by atomic mass is 32.2. The van der Waals surface area contributed by atoms with Crippen molar-refractivity contribution in [2.24, 2.45) is 11.7 Å². The second-order valence-electron chi connectivity index (χ2n) is 11.5. The molecule has 2 saturated heterocycles. The zero-order valence-electron chi connectivity index (χ0n) is 24.0. The molecule has 12 nitrogen and oxygen atoms in total. The SMILES string of the molecule is COC(=O)N1CC2CC(c3nc(-c4cc5c(cc4F)S(=O)(=O)C[C@H](N)C(=O)N5Cc4ccc(OC(F)(F)C(F)F)cc4)no3)(C2)C1. The molecule has 2 bridgehead atoms. The highest BCUT2D eigenvalue weighted by Crippen LogP contribution is 2.52. The molecular weight excluding hydrogens is 645 g/mol. The third kappa shape index (κ3) is 5.52. The Morgan fingerprint density at radius 3 is 2.57 bits per heavy atom. The molecule has 4 aliphatic rings. The minimum Gasteiger partial charge on any atom is -0.453 e. The largest absolute Gasteiger partial charge is 0.461 e. The van der Waals surface area contributed by atoms with Gasteiger partial charge in [0.2, 0.25) is 17.6 Å². The zero-order chi connectivity index (χ0) is 33.2. The van der Waals surface area contributed by atoms with Crippen LogP contribution in [-0.2, 0) is 31.3 Å². The Morgan fingerprint density at radius 2 is 1.91 bits per heavy atom. The second kappa shape index (κ2) is 11.2. The minimum atomic E-state index is -4.74. The Bertz CT molecular complexity index is 1800. The zero-order valence-corrected chi connectivity index (χ0v) is 24.8. The molecule has 2 aromatic carbocycles. The molecule has 2 amide bonds. The van der Waals surface area contributed by atoms with Crippen molar-refractivity contribution in [3.63, 3.8) is 0 Å². The normalized spacial score (nSPS) is 23.9. The van der Waals surface area contributed by atoms with E-state index in [0.29, 0.717) is 19.4 Å². The quantitative estimate of drug-likeness (QED) is 0.369. The van der Waals surface area contributed by atoms with Crippen molar-refractivity contribution < 1.29 is 54.0 Å². The van der Waals surface area contributed by atoms with E-state index in [1.165, 1.54) is 24.1 Å². The molecule has 46 heavy (non-hydrogen) atoms. The molecule has 3 aliphatic heterocycles. The van der Waals surface area contributed by atoms with Crippen molar-refractivity contribution in [2.75, 3.05) is 30.9 Å². The number of methoxy groups -OCH3 is 1. The number of carbonyl (C=O) groups excluding carboxylic acids is 2. The van der Waals surface area contributed by atoms with E-state index in [0.717, 1.165) is 29.2 Å². The van der Waals surface area contributed by atoms with E-state index in [1.807, 2.05) is 0 Å². The number of sulfone groups is 1. The van der Waals surface area contributed by atoms with Crippen molar-refractivity contribution in [3.05, 3.63) is 53.7 Å². The fourth-order valence-corrected chi connectivity index (χ4v) is 7.77. The predicted molar refractivity (Wildman–Crippen MR) is 147 cm³/mol. The van der Waals surface area contributed by atoms with E-state index in [1.54, 1.807) is 0 Å². The number of aromatic nitrogens is 2. The Morgan fingerprint density at radius 1 is 1.22 bits per heavy atom. The van der Waals surface area contributed by atoms with Crippen LogP contribution in [0.25, 0.3) is 11.4 Å². The molecule has 3 fully saturated rings. The summed E-state index contributed by atoms with van der Waals surface area (Å²) in [6.45, 7) is 0.386. The number of anilines is 1. The fourth-order valence-electron chi connectivity index (χ4n) is 6.21. The molecule has 1 saturated carbocycles. The van der Waals surface area contributed by atoms with Gasteiger partial charge in [-0.05, 0) is 48.6 Å². The van der Waals surface area contributed by atoms with Gasteiger partial charge in [-0.15, -0.1) is 0 Å². The summed E-state index contributed by atoms with van der Waals surface area (Å²) < 4.78 is 108. The molecule has 1 aromatic heterocycles. The minimum absolute atomic E-state index is 0.156. The van der Waals surface area contributed by atoms with Crippen molar-refractivity contribution in [1.29, 1.82) is 0 Å². The lowest BCUT2D eigenvalue weighted by molar-refractivity contribution is -0.253. The van der Waals surface area contributed by atoms with E-state index in [2.05, 4.69) is 14.9 Å². The molecular formula is C28H26F5N5O7S. The maximum absolute atomic E-state index is 15.6. The van der Waals surface area contributed by atoms with Gasteiger partial charge in [0.15, 0.2) is 9.84 Å². The van der Waals surface area contributed by atoms with Crippen LogP contribution in [-0.4, -0.2) is 80.0 Å². The predicted octanol–water partition coefficient (Wildman–Crippen LogP) is 3.49. The first-order valence-corrected chi connectivity index (χ1v) is 15.5. The van der Waals surface area contributed by atoms with Gasteiger partial charge in [0.1, 0.15) is 11.6 Å². The molecule has 0 radical (unpaired) electrons. The average Bonchev–Trinajstić information content (AvgIpc) is 3.47. The molecule has 2 N–H and O–H groups in total. The van der Waals surface area contributed by atoms with E-state index in [9.17, 15) is 35.6 Å². The van der Waals surface area contributed by atoms with Crippen LogP contribution in [0.1, 0.15) is 24.3 Å². The number of alkyl halides is 4. The number of nitrogens with zero attached hydrogens (tertiary/aromatic N) is 4. The molecule has 18 heteroatoms. The first-order chi connectivity index (χ1) is 21.6. The topological polar surface area (TPSA) is 158 Å². The summed E-state index contributed by atoms with van der Waals surface area (Å²) >= 11 is 0. The number of benzene rings is 2. The lowest BCUT2D eigenvalue weighted by Gasteiger charge is -2.53. The first-order valence-electron chi connectivity index (χ1n) is 13.9. The lowest BCUT2D eigenvalue weighted by Crippen LogP contribution is -2.60. The Labute approximate surface area is 258 Å². The molecule has 0 spiro atoms. The molecule has 1 aliphatic carbocycles. The van der Waals surface area contributed by atoms with Crippen molar-refractivity contribution >= 4 is 27.5 Å². The smallest absolute Gasteiger partial charge is 0.453 e. The van der Waals surface area contributed by atoms with Gasteiger partial charge in [-0.1, -0.05) is 17.3 Å². The summed E-state index contributed by atoms with van der Waals surface area (Å²) in [6, 6.07) is 4.63. The van der Waals surface area contributed by atoms with Crippen LogP contribution in [0.15, 0.2) is 45.8 Å². The summed E-state index contributed by atoms with van der Waals surface area (Å²) in [6.07, 6.45) is -8.03. The molecule has 3 aromatic rings. The number of carbonyl (C=O) groups is 2. The van der Waals surface area contributed by atoms with Gasteiger partial charge in [0, 0.05) is 13.1 Å². The molecule has 0 unspecified atom stereocenters. The molecule has 1 atom stereocenters. The number of rotatable bonds is 7. The van der Waals surface area contributed by atoms with Gasteiger partial charge in [-0.2, -0.15) is 22.5 Å². The number of hydrogen-bond acceptors (Lipinski definition) is 10. The van der Waals surface area contributed by atoms with Crippen LogP contribution < -0.4 is 15.4 Å². The highest BCUT2D eigenvalue weighted by Gasteiger charge is 2.56. The summed E-state index contributed by atoms with van der Waals surface area (Å²) in [5.74, 6) is -3.17.